The van der Waals surface area contributed by atoms with Crippen molar-refractivity contribution in [3.05, 3.63) is 62.8 Å². The fraction of sp³-hybridized carbons (Fsp3) is 0.417. The largest absolute Gasteiger partial charge is 0.331 e. The number of aromatic nitrogens is 2. The van der Waals surface area contributed by atoms with E-state index in [2.05, 4.69) is 27.4 Å². The molecule has 3 aromatic rings. The molecule has 2 aromatic carbocycles. The smallest absolute Gasteiger partial charge is 0.254 e. The third-order valence-corrected chi connectivity index (χ3v) is 7.04. The Labute approximate surface area is 191 Å². The monoisotopic (exact) mass is 487 g/mol. The molecule has 0 atom stereocenters. The van der Waals surface area contributed by atoms with Crippen molar-refractivity contribution in [3.63, 3.8) is 0 Å². The van der Waals surface area contributed by atoms with Crippen molar-refractivity contribution >= 4 is 44.5 Å². The molecule has 30 heavy (non-hydrogen) atoms. The molecule has 0 saturated heterocycles. The van der Waals surface area contributed by atoms with Crippen LogP contribution in [0.3, 0.4) is 0 Å². The molecular weight excluding hydrogens is 462 g/mol. The third kappa shape index (κ3) is 4.28. The van der Waals surface area contributed by atoms with Crippen LogP contribution < -0.4 is 0 Å². The Bertz CT molecular complexity index is 1070. The van der Waals surface area contributed by atoms with Crippen LogP contribution in [0.15, 0.2) is 40.9 Å². The van der Waals surface area contributed by atoms with E-state index in [-0.39, 0.29) is 5.91 Å². The fourth-order valence-corrected chi connectivity index (χ4v) is 4.94. The molecule has 6 heteroatoms. The first-order valence-electron chi connectivity index (χ1n) is 10.7. The molecule has 1 fully saturated rings. The molecule has 0 bridgehead atoms. The summed E-state index contributed by atoms with van der Waals surface area (Å²) in [6.45, 7) is 5.32. The number of fused-ring (bicyclic) bond motifs is 1. The lowest BCUT2D eigenvalue weighted by Crippen LogP contribution is -2.32. The van der Waals surface area contributed by atoms with E-state index in [0.717, 1.165) is 51.2 Å². The quantitative estimate of drug-likeness (QED) is 0.377. The van der Waals surface area contributed by atoms with Gasteiger partial charge in [-0.2, -0.15) is 0 Å². The van der Waals surface area contributed by atoms with E-state index in [0.29, 0.717) is 24.7 Å². The van der Waals surface area contributed by atoms with Crippen LogP contribution >= 0.6 is 27.5 Å². The third-order valence-electron chi connectivity index (χ3n) is 5.95. The van der Waals surface area contributed by atoms with Crippen molar-refractivity contribution in [3.8, 4) is 0 Å². The zero-order valence-corrected chi connectivity index (χ0v) is 19.8. The van der Waals surface area contributed by atoms with Crippen molar-refractivity contribution < 1.29 is 4.79 Å². The Morgan fingerprint density at radius 1 is 1.23 bits per heavy atom. The van der Waals surface area contributed by atoms with Crippen LogP contribution in [-0.4, -0.2) is 26.9 Å². The number of halogens is 2. The van der Waals surface area contributed by atoms with Gasteiger partial charge < -0.3 is 9.47 Å². The minimum absolute atomic E-state index is 0.0422. The molecule has 4 rings (SSSR count). The summed E-state index contributed by atoms with van der Waals surface area (Å²) >= 11 is 9.87. The summed E-state index contributed by atoms with van der Waals surface area (Å²) in [5.41, 5.74) is 3.84. The molecule has 1 heterocycles. The molecule has 0 unspecified atom stereocenters. The summed E-state index contributed by atoms with van der Waals surface area (Å²) < 4.78 is 3.30. The van der Waals surface area contributed by atoms with Crippen molar-refractivity contribution in [2.45, 2.75) is 58.5 Å². The summed E-state index contributed by atoms with van der Waals surface area (Å²) in [5.74, 6) is 0.993. The van der Waals surface area contributed by atoms with E-state index >= 15 is 0 Å². The molecule has 0 N–H and O–H groups in total. The number of amides is 1. The van der Waals surface area contributed by atoms with Crippen molar-refractivity contribution in [2.24, 2.45) is 0 Å². The molecule has 0 spiro atoms. The summed E-state index contributed by atoms with van der Waals surface area (Å²) in [6, 6.07) is 12.1. The molecule has 1 saturated carbocycles. The van der Waals surface area contributed by atoms with Gasteiger partial charge in [-0.3, -0.25) is 4.79 Å². The highest BCUT2D eigenvalue weighted by Crippen LogP contribution is 2.35. The maximum atomic E-state index is 13.4. The average molecular weight is 489 g/mol. The first-order valence-corrected chi connectivity index (χ1v) is 11.9. The Kier molecular flexibility index (Phi) is 6.49. The highest BCUT2D eigenvalue weighted by atomic mass is 79.9. The molecular formula is C24H27BrClN3O. The highest BCUT2D eigenvalue weighted by molar-refractivity contribution is 9.10. The molecule has 1 aliphatic rings. The molecule has 158 valence electrons. The maximum Gasteiger partial charge on any atom is 0.254 e. The standard InChI is InChI=1S/C24H27BrClN3O/c1-3-12-28(24(30)17-9-8-16(2)20(25)13-17)15-23-27-21-11-10-18(26)14-22(21)29(23)19-6-4-5-7-19/h8-11,13-14,19H,3-7,12,15H2,1-2H3. The van der Waals surface area contributed by atoms with Crippen molar-refractivity contribution in [2.75, 3.05) is 6.54 Å². The van der Waals surface area contributed by atoms with Crippen LogP contribution in [0.4, 0.5) is 0 Å². The summed E-state index contributed by atoms with van der Waals surface area (Å²) in [5, 5.41) is 0.721. The van der Waals surface area contributed by atoms with Crippen LogP contribution in [0.1, 0.15) is 66.8 Å². The molecule has 1 aliphatic carbocycles. The van der Waals surface area contributed by atoms with E-state index in [9.17, 15) is 4.79 Å². The second-order valence-electron chi connectivity index (χ2n) is 8.16. The van der Waals surface area contributed by atoms with Gasteiger partial charge in [-0.1, -0.05) is 53.4 Å². The van der Waals surface area contributed by atoms with Crippen LogP contribution in [-0.2, 0) is 6.54 Å². The van der Waals surface area contributed by atoms with Gasteiger partial charge in [-0.15, -0.1) is 0 Å². The molecule has 1 aromatic heterocycles. The van der Waals surface area contributed by atoms with Crippen LogP contribution in [0.25, 0.3) is 11.0 Å². The Morgan fingerprint density at radius 2 is 2.00 bits per heavy atom. The number of carbonyl (C=O) groups is 1. The predicted octanol–water partition coefficient (Wildman–Crippen LogP) is 6.93. The number of hydrogen-bond donors (Lipinski definition) is 0. The summed E-state index contributed by atoms with van der Waals surface area (Å²) in [7, 11) is 0. The van der Waals surface area contributed by atoms with Gasteiger partial charge >= 0.3 is 0 Å². The van der Waals surface area contributed by atoms with E-state index in [1.165, 1.54) is 12.8 Å². The molecule has 4 nitrogen and oxygen atoms in total. The average Bonchev–Trinajstić information content (AvgIpc) is 3.36. The molecule has 1 amide bonds. The summed E-state index contributed by atoms with van der Waals surface area (Å²) in [4.78, 5) is 20.2. The Morgan fingerprint density at radius 3 is 2.70 bits per heavy atom. The van der Waals surface area contributed by atoms with Crippen molar-refractivity contribution in [1.29, 1.82) is 0 Å². The number of imidazole rings is 1. The zero-order valence-electron chi connectivity index (χ0n) is 17.5. The second-order valence-corrected chi connectivity index (χ2v) is 9.45. The first kappa shape index (κ1) is 21.4. The zero-order chi connectivity index (χ0) is 21.3. The van der Waals surface area contributed by atoms with Gasteiger partial charge in [0.2, 0.25) is 0 Å². The van der Waals surface area contributed by atoms with Gasteiger partial charge in [0.15, 0.2) is 0 Å². The maximum absolute atomic E-state index is 13.4. The number of aryl methyl sites for hydroxylation is 1. The van der Waals surface area contributed by atoms with Gasteiger partial charge in [0.25, 0.3) is 5.91 Å². The lowest BCUT2D eigenvalue weighted by molar-refractivity contribution is 0.0736. The van der Waals surface area contributed by atoms with Gasteiger partial charge in [-0.25, -0.2) is 4.98 Å². The number of rotatable bonds is 6. The van der Waals surface area contributed by atoms with Crippen LogP contribution in [0.5, 0.6) is 0 Å². The van der Waals surface area contributed by atoms with Gasteiger partial charge in [0, 0.05) is 27.6 Å². The fourth-order valence-electron chi connectivity index (χ4n) is 4.40. The van der Waals surface area contributed by atoms with Crippen LogP contribution in [0.2, 0.25) is 5.02 Å². The van der Waals surface area contributed by atoms with Crippen LogP contribution in [0, 0.1) is 6.92 Å². The first-order chi connectivity index (χ1) is 14.5. The number of benzene rings is 2. The number of carbonyl (C=O) groups excluding carboxylic acids is 1. The molecule has 0 aliphatic heterocycles. The van der Waals surface area contributed by atoms with Gasteiger partial charge in [-0.05, 0) is 62.1 Å². The Balaban J connectivity index is 1.71. The van der Waals surface area contributed by atoms with E-state index in [4.69, 9.17) is 16.6 Å². The lowest BCUT2D eigenvalue weighted by Gasteiger charge is -2.24. The summed E-state index contributed by atoms with van der Waals surface area (Å²) in [6.07, 6.45) is 5.67. The van der Waals surface area contributed by atoms with Crippen molar-refractivity contribution in [1.82, 2.24) is 14.5 Å². The van der Waals surface area contributed by atoms with E-state index in [1.807, 2.05) is 48.2 Å². The van der Waals surface area contributed by atoms with Gasteiger partial charge in [0.05, 0.1) is 17.6 Å². The highest BCUT2D eigenvalue weighted by Gasteiger charge is 2.25. The van der Waals surface area contributed by atoms with Gasteiger partial charge in [0.1, 0.15) is 5.82 Å². The number of hydrogen-bond acceptors (Lipinski definition) is 2. The Hall–Kier alpha value is -1.85. The van der Waals surface area contributed by atoms with E-state index in [1.54, 1.807) is 0 Å². The molecule has 0 radical (unpaired) electrons. The topological polar surface area (TPSA) is 38.1 Å². The minimum Gasteiger partial charge on any atom is -0.331 e. The minimum atomic E-state index is 0.0422. The normalized spacial score (nSPS) is 14.5. The lowest BCUT2D eigenvalue weighted by atomic mass is 10.1. The second kappa shape index (κ2) is 9.11. The predicted molar refractivity (Wildman–Crippen MR) is 126 cm³/mol. The SMILES string of the molecule is CCCN(Cc1nc2ccc(Cl)cc2n1C1CCCC1)C(=O)c1ccc(C)c(Br)c1. The number of nitrogens with zero attached hydrogens (tertiary/aromatic N) is 3. The van der Waals surface area contributed by atoms with E-state index < -0.39 is 0 Å².